The molecule has 2 rings (SSSR count). The van der Waals surface area contributed by atoms with Gasteiger partial charge in [0.2, 0.25) is 0 Å². The average molecular weight is 229 g/mol. The van der Waals surface area contributed by atoms with E-state index in [0.29, 0.717) is 11.1 Å². The van der Waals surface area contributed by atoms with Gasteiger partial charge in [0.05, 0.1) is 0 Å². The van der Waals surface area contributed by atoms with Crippen molar-refractivity contribution in [2.24, 2.45) is 10.9 Å². The van der Waals surface area contributed by atoms with E-state index >= 15 is 0 Å². The minimum Gasteiger partial charge on any atom is -0.504 e. The first kappa shape index (κ1) is 11.2. The summed E-state index contributed by atoms with van der Waals surface area (Å²) in [4.78, 5) is 0. The highest BCUT2D eigenvalue weighted by Crippen LogP contribution is 2.39. The standard InChI is InChI=1S/C9H8N2O3.ClH/c10-9(11-14)6-1-4-2-7(12)8(13)3-5(4)6;/h1-3,12-14H,(H2,10,11);1H. The minimum absolute atomic E-state index is 0. The second kappa shape index (κ2) is 3.70. The Kier molecular flexibility index (Phi) is 2.76. The number of phenolic OH excluding ortho intramolecular Hbond substituents is 2. The normalized spacial score (nSPS) is 13.3. The molecule has 1 aromatic carbocycles. The fourth-order valence-corrected chi connectivity index (χ4v) is 1.37. The quantitative estimate of drug-likeness (QED) is 0.190. The van der Waals surface area contributed by atoms with Gasteiger partial charge in [0, 0.05) is 5.57 Å². The van der Waals surface area contributed by atoms with Crippen LogP contribution in [0.4, 0.5) is 0 Å². The van der Waals surface area contributed by atoms with Crippen molar-refractivity contribution in [3.05, 3.63) is 23.3 Å². The SMILES string of the molecule is Cl.NC(=NO)C1=Cc2cc(O)c(O)cc21. The van der Waals surface area contributed by atoms with Crippen LogP contribution >= 0.6 is 12.4 Å². The molecule has 1 aliphatic rings. The molecule has 0 heterocycles. The maximum atomic E-state index is 9.21. The molecular formula is C9H9ClN2O3. The van der Waals surface area contributed by atoms with Gasteiger partial charge in [-0.1, -0.05) is 5.16 Å². The number of amidine groups is 1. The van der Waals surface area contributed by atoms with Crippen LogP contribution in [0.2, 0.25) is 0 Å². The van der Waals surface area contributed by atoms with E-state index in [4.69, 9.17) is 16.0 Å². The molecule has 0 saturated heterocycles. The van der Waals surface area contributed by atoms with Crippen LogP contribution in [0.15, 0.2) is 17.3 Å². The van der Waals surface area contributed by atoms with E-state index < -0.39 is 0 Å². The minimum atomic E-state index is -0.222. The molecule has 5 nitrogen and oxygen atoms in total. The van der Waals surface area contributed by atoms with Crippen molar-refractivity contribution in [2.45, 2.75) is 0 Å². The van der Waals surface area contributed by atoms with E-state index in [2.05, 4.69) is 5.16 Å². The van der Waals surface area contributed by atoms with E-state index in [1.807, 2.05) is 0 Å². The molecule has 0 unspecified atom stereocenters. The van der Waals surface area contributed by atoms with Crippen LogP contribution in [-0.2, 0) is 0 Å². The van der Waals surface area contributed by atoms with E-state index in [1.165, 1.54) is 12.1 Å². The molecule has 5 N–H and O–H groups in total. The van der Waals surface area contributed by atoms with Gasteiger partial charge in [0.1, 0.15) is 0 Å². The molecule has 0 spiro atoms. The zero-order valence-electron chi connectivity index (χ0n) is 7.51. The third kappa shape index (κ3) is 1.57. The molecule has 0 fully saturated rings. The van der Waals surface area contributed by atoms with E-state index in [1.54, 1.807) is 6.08 Å². The number of nitrogens with two attached hydrogens (primary N) is 1. The highest BCUT2D eigenvalue weighted by atomic mass is 35.5. The fourth-order valence-electron chi connectivity index (χ4n) is 1.37. The Balaban J connectivity index is 0.00000112. The smallest absolute Gasteiger partial charge is 0.170 e. The van der Waals surface area contributed by atoms with Crippen molar-refractivity contribution < 1.29 is 15.4 Å². The number of rotatable bonds is 1. The number of oxime groups is 1. The number of aromatic hydroxyl groups is 2. The van der Waals surface area contributed by atoms with Gasteiger partial charge in [-0.05, 0) is 29.3 Å². The fraction of sp³-hybridized carbons (Fsp3) is 0. The first-order chi connectivity index (χ1) is 6.63. The highest BCUT2D eigenvalue weighted by Gasteiger charge is 2.21. The molecule has 0 amide bonds. The summed E-state index contributed by atoms with van der Waals surface area (Å²) in [6.07, 6.45) is 1.66. The molecule has 0 radical (unpaired) electrons. The van der Waals surface area contributed by atoms with Gasteiger partial charge in [-0.25, -0.2) is 0 Å². The number of phenols is 2. The molecule has 0 aromatic heterocycles. The maximum Gasteiger partial charge on any atom is 0.170 e. The molecule has 0 bridgehead atoms. The molecule has 15 heavy (non-hydrogen) atoms. The second-order valence-electron chi connectivity index (χ2n) is 2.97. The number of hydrogen-bond donors (Lipinski definition) is 4. The van der Waals surface area contributed by atoms with Gasteiger partial charge in [-0.15, -0.1) is 12.4 Å². The summed E-state index contributed by atoms with van der Waals surface area (Å²) in [5.74, 6) is -0.416. The number of benzene rings is 1. The Morgan fingerprint density at radius 2 is 1.80 bits per heavy atom. The van der Waals surface area contributed by atoms with Gasteiger partial charge >= 0.3 is 0 Å². The summed E-state index contributed by atoms with van der Waals surface area (Å²) in [5, 5.41) is 29.6. The lowest BCUT2D eigenvalue weighted by molar-refractivity contribution is 0.319. The molecule has 0 atom stereocenters. The van der Waals surface area contributed by atoms with Crippen LogP contribution in [0.3, 0.4) is 0 Å². The first-order valence-electron chi connectivity index (χ1n) is 3.89. The van der Waals surface area contributed by atoms with Gasteiger partial charge in [0.15, 0.2) is 17.3 Å². The average Bonchev–Trinajstić information content (AvgIpc) is 2.16. The molecule has 0 aliphatic heterocycles. The van der Waals surface area contributed by atoms with Crippen LogP contribution in [0.1, 0.15) is 11.1 Å². The predicted octanol–water partition coefficient (Wildman–Crippen LogP) is 1.12. The lowest BCUT2D eigenvalue weighted by atomic mass is 9.87. The number of halogens is 1. The summed E-state index contributed by atoms with van der Waals surface area (Å²) in [6, 6.07) is 2.79. The van der Waals surface area contributed by atoms with E-state index in [9.17, 15) is 5.11 Å². The molecule has 80 valence electrons. The first-order valence-corrected chi connectivity index (χ1v) is 3.89. The van der Waals surface area contributed by atoms with Crippen LogP contribution in [0.25, 0.3) is 11.6 Å². The van der Waals surface area contributed by atoms with Crippen LogP contribution in [-0.4, -0.2) is 21.3 Å². The van der Waals surface area contributed by atoms with Gasteiger partial charge in [0.25, 0.3) is 0 Å². The summed E-state index contributed by atoms with van der Waals surface area (Å²) in [6.45, 7) is 0. The van der Waals surface area contributed by atoms with Gasteiger partial charge in [-0.2, -0.15) is 0 Å². The highest BCUT2D eigenvalue weighted by molar-refractivity contribution is 6.31. The van der Waals surface area contributed by atoms with Crippen molar-refractivity contribution in [1.29, 1.82) is 0 Å². The zero-order chi connectivity index (χ0) is 10.3. The lowest BCUT2D eigenvalue weighted by Gasteiger charge is -2.19. The second-order valence-corrected chi connectivity index (χ2v) is 2.97. The van der Waals surface area contributed by atoms with Crippen molar-refractivity contribution >= 4 is 29.9 Å². The van der Waals surface area contributed by atoms with Crippen LogP contribution < -0.4 is 5.73 Å². The summed E-state index contributed by atoms with van der Waals surface area (Å²) in [7, 11) is 0. The largest absolute Gasteiger partial charge is 0.504 e. The number of fused-ring (bicyclic) bond motifs is 1. The molecule has 1 aliphatic carbocycles. The zero-order valence-corrected chi connectivity index (χ0v) is 8.32. The number of hydrogen-bond acceptors (Lipinski definition) is 4. The van der Waals surface area contributed by atoms with Crippen LogP contribution in [0, 0.1) is 0 Å². The van der Waals surface area contributed by atoms with Gasteiger partial charge in [-0.3, -0.25) is 0 Å². The van der Waals surface area contributed by atoms with Crippen molar-refractivity contribution in [1.82, 2.24) is 0 Å². The molecule has 0 saturated carbocycles. The Morgan fingerprint density at radius 3 is 2.40 bits per heavy atom. The summed E-state index contributed by atoms with van der Waals surface area (Å²) < 4.78 is 0. The predicted molar refractivity (Wildman–Crippen MR) is 58.3 cm³/mol. The monoisotopic (exact) mass is 228 g/mol. The van der Waals surface area contributed by atoms with Gasteiger partial charge < -0.3 is 21.2 Å². The van der Waals surface area contributed by atoms with Crippen molar-refractivity contribution in [3.8, 4) is 11.5 Å². The Bertz CT molecular complexity index is 469. The summed E-state index contributed by atoms with van der Waals surface area (Å²) >= 11 is 0. The Morgan fingerprint density at radius 1 is 1.20 bits per heavy atom. The Hall–Kier alpha value is -1.88. The topological polar surface area (TPSA) is 99.1 Å². The third-order valence-corrected chi connectivity index (χ3v) is 2.12. The molecule has 6 heteroatoms. The molecular weight excluding hydrogens is 220 g/mol. The van der Waals surface area contributed by atoms with Crippen molar-refractivity contribution in [2.75, 3.05) is 0 Å². The Labute approximate surface area is 91.6 Å². The van der Waals surface area contributed by atoms with Crippen molar-refractivity contribution in [3.63, 3.8) is 0 Å². The molecule has 1 aromatic rings. The third-order valence-electron chi connectivity index (χ3n) is 2.12. The van der Waals surface area contributed by atoms with E-state index in [0.717, 1.165) is 5.56 Å². The number of nitrogens with zero attached hydrogens (tertiary/aromatic N) is 1. The lowest BCUT2D eigenvalue weighted by Crippen LogP contribution is -2.18. The summed E-state index contributed by atoms with van der Waals surface area (Å²) in [5.41, 5.74) is 7.34. The van der Waals surface area contributed by atoms with Crippen LogP contribution in [0.5, 0.6) is 11.5 Å². The maximum absolute atomic E-state index is 9.21. The van der Waals surface area contributed by atoms with E-state index in [-0.39, 0.29) is 29.7 Å².